The average Bonchev–Trinajstić information content (AvgIpc) is 2.84. The molecule has 104 valence electrons. The third-order valence-corrected chi connectivity index (χ3v) is 3.91. The Morgan fingerprint density at radius 2 is 2.35 bits per heavy atom. The van der Waals surface area contributed by atoms with E-state index in [0.717, 1.165) is 27.5 Å². The maximum absolute atomic E-state index is 11.2. The zero-order valence-corrected chi connectivity index (χ0v) is 12.4. The molecule has 4 N–H and O–H groups in total. The van der Waals surface area contributed by atoms with E-state index in [0.29, 0.717) is 18.7 Å². The number of nitrogens with zero attached hydrogens (tertiary/aromatic N) is 1. The Balaban J connectivity index is 1.84. The lowest BCUT2D eigenvalue weighted by Gasteiger charge is -2.14. The van der Waals surface area contributed by atoms with Crippen molar-refractivity contribution >= 4 is 44.1 Å². The Morgan fingerprint density at radius 1 is 1.50 bits per heavy atom. The van der Waals surface area contributed by atoms with Crippen LogP contribution in [0.15, 0.2) is 28.9 Å². The van der Waals surface area contributed by atoms with Gasteiger partial charge in [-0.2, -0.15) is 0 Å². The summed E-state index contributed by atoms with van der Waals surface area (Å²) in [6, 6.07) is 5.94. The first-order chi connectivity index (χ1) is 9.63. The van der Waals surface area contributed by atoms with Crippen molar-refractivity contribution in [1.82, 2.24) is 10.3 Å². The molecular formula is C14H15BrN4O. The molecule has 0 radical (unpaired) electrons. The van der Waals surface area contributed by atoms with Crippen molar-refractivity contribution in [2.75, 3.05) is 17.6 Å². The predicted molar refractivity (Wildman–Crippen MR) is 83.5 cm³/mol. The molecule has 0 saturated carbocycles. The molecule has 1 saturated heterocycles. The van der Waals surface area contributed by atoms with Gasteiger partial charge in [0.1, 0.15) is 0 Å². The fraction of sp³-hybridized carbons (Fsp3) is 0.286. The van der Waals surface area contributed by atoms with Gasteiger partial charge in [-0.05, 0) is 40.5 Å². The molecule has 5 nitrogen and oxygen atoms in total. The molecule has 3 rings (SSSR count). The van der Waals surface area contributed by atoms with Gasteiger partial charge in [0, 0.05) is 40.8 Å². The van der Waals surface area contributed by atoms with E-state index in [1.54, 1.807) is 6.20 Å². The van der Waals surface area contributed by atoms with Crippen molar-refractivity contribution in [2.24, 2.45) is 0 Å². The van der Waals surface area contributed by atoms with E-state index < -0.39 is 0 Å². The van der Waals surface area contributed by atoms with Gasteiger partial charge in [-0.3, -0.25) is 9.78 Å². The number of pyridine rings is 1. The summed E-state index contributed by atoms with van der Waals surface area (Å²) in [5.41, 5.74) is 8.47. The zero-order valence-electron chi connectivity index (χ0n) is 10.8. The van der Waals surface area contributed by atoms with Gasteiger partial charge < -0.3 is 16.4 Å². The standard InChI is InChI=1S/C14H15BrN4O/c15-8-5-10-11(16)2-3-12(14(10)18-6-8)17-7-9-1-4-13(20)19-9/h2-3,5-6,9,17H,1,4,7,16H2,(H,19,20). The predicted octanol–water partition coefficient (Wildman–Crippen LogP) is 2.27. The van der Waals surface area contributed by atoms with Crippen LogP contribution in [0, 0.1) is 0 Å². The number of hydrogen-bond donors (Lipinski definition) is 3. The van der Waals surface area contributed by atoms with Gasteiger partial charge >= 0.3 is 0 Å². The molecule has 1 unspecified atom stereocenters. The third kappa shape index (κ3) is 2.56. The van der Waals surface area contributed by atoms with E-state index in [2.05, 4.69) is 31.5 Å². The van der Waals surface area contributed by atoms with Crippen LogP contribution in [0.25, 0.3) is 10.9 Å². The first-order valence-electron chi connectivity index (χ1n) is 6.50. The van der Waals surface area contributed by atoms with Crippen molar-refractivity contribution in [3.8, 4) is 0 Å². The molecule has 1 aromatic heterocycles. The number of carbonyl (C=O) groups excluding carboxylic acids is 1. The summed E-state index contributed by atoms with van der Waals surface area (Å²) in [4.78, 5) is 15.6. The summed E-state index contributed by atoms with van der Waals surface area (Å²) in [7, 11) is 0. The SMILES string of the molecule is Nc1ccc(NCC2CCC(=O)N2)c2ncc(Br)cc12. The number of rotatable bonds is 3. The van der Waals surface area contributed by atoms with E-state index in [1.807, 2.05) is 18.2 Å². The van der Waals surface area contributed by atoms with Crippen molar-refractivity contribution in [1.29, 1.82) is 0 Å². The Morgan fingerprint density at radius 3 is 3.10 bits per heavy atom. The molecule has 1 amide bonds. The topological polar surface area (TPSA) is 80.0 Å². The maximum Gasteiger partial charge on any atom is 0.220 e. The van der Waals surface area contributed by atoms with Crippen LogP contribution in [0.1, 0.15) is 12.8 Å². The molecular weight excluding hydrogens is 320 g/mol. The third-order valence-electron chi connectivity index (χ3n) is 3.47. The van der Waals surface area contributed by atoms with Crippen LogP contribution in [-0.2, 0) is 4.79 Å². The maximum atomic E-state index is 11.2. The first-order valence-corrected chi connectivity index (χ1v) is 7.30. The molecule has 0 aliphatic carbocycles. The fourth-order valence-corrected chi connectivity index (χ4v) is 2.75. The number of hydrogen-bond acceptors (Lipinski definition) is 4. The van der Waals surface area contributed by atoms with E-state index in [4.69, 9.17) is 5.73 Å². The molecule has 0 bridgehead atoms. The number of amides is 1. The minimum absolute atomic E-state index is 0.126. The van der Waals surface area contributed by atoms with Gasteiger partial charge in [0.25, 0.3) is 0 Å². The molecule has 1 aromatic carbocycles. The van der Waals surface area contributed by atoms with Gasteiger partial charge in [-0.1, -0.05) is 0 Å². The first kappa shape index (κ1) is 13.2. The molecule has 0 spiro atoms. The lowest BCUT2D eigenvalue weighted by molar-refractivity contribution is -0.119. The van der Waals surface area contributed by atoms with Gasteiger partial charge in [0.15, 0.2) is 0 Å². The molecule has 1 aliphatic heterocycles. The molecule has 6 heteroatoms. The van der Waals surface area contributed by atoms with Crippen LogP contribution in [-0.4, -0.2) is 23.5 Å². The molecule has 1 fully saturated rings. The number of nitrogens with one attached hydrogen (secondary N) is 2. The number of fused-ring (bicyclic) bond motifs is 1. The van der Waals surface area contributed by atoms with Gasteiger partial charge in [-0.15, -0.1) is 0 Å². The van der Waals surface area contributed by atoms with Crippen molar-refractivity contribution in [3.63, 3.8) is 0 Å². The highest BCUT2D eigenvalue weighted by molar-refractivity contribution is 9.10. The second kappa shape index (κ2) is 5.28. The number of nitrogens with two attached hydrogens (primary N) is 1. The van der Waals surface area contributed by atoms with E-state index in [9.17, 15) is 4.79 Å². The summed E-state index contributed by atoms with van der Waals surface area (Å²) >= 11 is 3.40. The largest absolute Gasteiger partial charge is 0.398 e. The summed E-state index contributed by atoms with van der Waals surface area (Å²) in [5.74, 6) is 0.126. The number of aromatic nitrogens is 1. The van der Waals surface area contributed by atoms with Crippen molar-refractivity contribution in [3.05, 3.63) is 28.9 Å². The summed E-state index contributed by atoms with van der Waals surface area (Å²) < 4.78 is 0.900. The minimum atomic E-state index is 0.126. The summed E-state index contributed by atoms with van der Waals surface area (Å²) in [5, 5.41) is 7.20. The van der Waals surface area contributed by atoms with Crippen LogP contribution in [0.4, 0.5) is 11.4 Å². The molecule has 2 heterocycles. The van der Waals surface area contributed by atoms with E-state index >= 15 is 0 Å². The Kier molecular flexibility index (Phi) is 3.48. The van der Waals surface area contributed by atoms with E-state index in [-0.39, 0.29) is 11.9 Å². The average molecular weight is 335 g/mol. The normalized spacial score (nSPS) is 18.2. The molecule has 20 heavy (non-hydrogen) atoms. The summed E-state index contributed by atoms with van der Waals surface area (Å²) in [6.07, 6.45) is 3.24. The van der Waals surface area contributed by atoms with Crippen LogP contribution < -0.4 is 16.4 Å². The highest BCUT2D eigenvalue weighted by Gasteiger charge is 2.20. The van der Waals surface area contributed by atoms with Crippen LogP contribution in [0.3, 0.4) is 0 Å². The number of carbonyl (C=O) groups is 1. The number of anilines is 2. The zero-order chi connectivity index (χ0) is 14.1. The van der Waals surface area contributed by atoms with E-state index in [1.165, 1.54) is 0 Å². The number of nitrogen functional groups attached to an aromatic ring is 1. The fourth-order valence-electron chi connectivity index (χ4n) is 2.42. The molecule has 1 atom stereocenters. The minimum Gasteiger partial charge on any atom is -0.398 e. The lowest BCUT2D eigenvalue weighted by atomic mass is 10.1. The molecule has 1 aliphatic rings. The number of halogens is 1. The van der Waals surface area contributed by atoms with Crippen LogP contribution in [0.2, 0.25) is 0 Å². The van der Waals surface area contributed by atoms with Gasteiger partial charge in [0.2, 0.25) is 5.91 Å². The highest BCUT2D eigenvalue weighted by Crippen LogP contribution is 2.28. The lowest BCUT2D eigenvalue weighted by Crippen LogP contribution is -2.31. The second-order valence-electron chi connectivity index (χ2n) is 4.94. The summed E-state index contributed by atoms with van der Waals surface area (Å²) in [6.45, 7) is 0.697. The number of benzene rings is 1. The van der Waals surface area contributed by atoms with Gasteiger partial charge in [0.05, 0.1) is 11.2 Å². The quantitative estimate of drug-likeness (QED) is 0.752. The Bertz CT molecular complexity index is 674. The molecule has 2 aromatic rings. The second-order valence-corrected chi connectivity index (χ2v) is 5.85. The Hall–Kier alpha value is -1.82. The van der Waals surface area contributed by atoms with Gasteiger partial charge in [-0.25, -0.2) is 0 Å². The highest BCUT2D eigenvalue weighted by atomic mass is 79.9. The van der Waals surface area contributed by atoms with Crippen LogP contribution >= 0.6 is 15.9 Å². The Labute approximate surface area is 125 Å². The van der Waals surface area contributed by atoms with Crippen molar-refractivity contribution in [2.45, 2.75) is 18.9 Å². The monoisotopic (exact) mass is 334 g/mol. The smallest absolute Gasteiger partial charge is 0.220 e. The van der Waals surface area contributed by atoms with Crippen molar-refractivity contribution < 1.29 is 4.79 Å². The van der Waals surface area contributed by atoms with Crippen LogP contribution in [0.5, 0.6) is 0 Å².